The number of pyridine rings is 1. The third kappa shape index (κ3) is 3.15. The topological polar surface area (TPSA) is 76.0 Å². The quantitative estimate of drug-likeness (QED) is 0.632. The Morgan fingerprint density at radius 1 is 1.33 bits per heavy atom. The van der Waals surface area contributed by atoms with Crippen LogP contribution < -0.4 is 0 Å². The van der Waals surface area contributed by atoms with E-state index in [1.165, 1.54) is 6.20 Å². The third-order valence-electron chi connectivity index (χ3n) is 4.56. The van der Waals surface area contributed by atoms with Crippen LogP contribution in [0.3, 0.4) is 0 Å². The number of hydrogen-bond donors (Lipinski definition) is 1. The Kier molecular flexibility index (Phi) is 5.14. The fraction of sp³-hybridized carbons (Fsp3) is 0.444. The lowest BCUT2D eigenvalue weighted by Gasteiger charge is -2.30. The van der Waals surface area contributed by atoms with Crippen LogP contribution in [0.4, 0.5) is 0 Å². The van der Waals surface area contributed by atoms with Gasteiger partial charge in [0.2, 0.25) is 0 Å². The number of hydrogen-bond acceptors (Lipinski definition) is 5. The Morgan fingerprint density at radius 3 is 2.75 bits per heavy atom. The van der Waals surface area contributed by atoms with E-state index in [0.29, 0.717) is 10.9 Å². The molecular formula is C18H21N3O2S. The molecule has 5 nitrogen and oxygen atoms in total. The fourth-order valence-corrected chi connectivity index (χ4v) is 4.11. The normalized spacial score (nSPS) is 16.2. The van der Waals surface area contributed by atoms with Gasteiger partial charge in [0.15, 0.2) is 5.16 Å². The molecular weight excluding hydrogens is 322 g/mol. The molecule has 24 heavy (non-hydrogen) atoms. The van der Waals surface area contributed by atoms with Crippen LogP contribution in [-0.4, -0.2) is 31.8 Å². The van der Waals surface area contributed by atoms with E-state index < -0.39 is 5.97 Å². The van der Waals surface area contributed by atoms with Crippen LogP contribution in [0.25, 0.3) is 0 Å². The van der Waals surface area contributed by atoms with Crippen molar-refractivity contribution in [1.29, 1.82) is 0 Å². The van der Waals surface area contributed by atoms with Crippen LogP contribution in [0.2, 0.25) is 0 Å². The average Bonchev–Trinajstić information content (AvgIpc) is 3.11. The van der Waals surface area contributed by atoms with Crippen LogP contribution in [0.5, 0.6) is 0 Å². The molecule has 0 saturated heterocycles. The average molecular weight is 343 g/mol. The lowest BCUT2D eigenvalue weighted by Crippen LogP contribution is -2.29. The van der Waals surface area contributed by atoms with Crippen molar-refractivity contribution in [2.24, 2.45) is 0 Å². The van der Waals surface area contributed by atoms with Crippen molar-refractivity contribution in [1.82, 2.24) is 15.0 Å². The summed E-state index contributed by atoms with van der Waals surface area (Å²) in [7, 11) is 0. The summed E-state index contributed by atoms with van der Waals surface area (Å²) in [5.41, 5.74) is 1.54. The number of carboxylic acids is 1. The maximum Gasteiger partial charge on any atom is 0.339 e. The summed E-state index contributed by atoms with van der Waals surface area (Å²) in [5.74, 6) is -0.0432. The number of carboxylic acid groups (broad SMARTS) is 1. The summed E-state index contributed by atoms with van der Waals surface area (Å²) in [6.07, 6.45) is 10.0. The van der Waals surface area contributed by atoms with Gasteiger partial charge in [-0.1, -0.05) is 37.6 Å². The minimum atomic E-state index is -0.966. The van der Waals surface area contributed by atoms with E-state index in [4.69, 9.17) is 4.98 Å². The number of carbonyl (C=O) groups is 1. The molecule has 126 valence electrons. The Morgan fingerprint density at radius 2 is 2.12 bits per heavy atom. The molecule has 2 heterocycles. The Bertz CT molecular complexity index is 715. The number of thioether (sulfide) groups is 1. The molecule has 1 N–H and O–H groups in total. The van der Waals surface area contributed by atoms with Gasteiger partial charge < -0.3 is 5.11 Å². The van der Waals surface area contributed by atoms with E-state index in [0.717, 1.165) is 43.4 Å². The van der Waals surface area contributed by atoms with Gasteiger partial charge in [0.05, 0.1) is 5.69 Å². The predicted octanol–water partition coefficient (Wildman–Crippen LogP) is 3.93. The molecule has 6 heteroatoms. The molecule has 0 bridgehead atoms. The standard InChI is InChI=1S/C18H21N3O2S/c1-2-10-24-17-20-12-14(16(22)23)15(21-17)18(7-3-4-8-18)13-6-5-9-19-11-13/h5-6,9,11-12H,2-4,7-8,10H2,1H3,(H,22,23). The molecule has 0 aromatic carbocycles. The summed E-state index contributed by atoms with van der Waals surface area (Å²) in [4.78, 5) is 25.0. The first-order chi connectivity index (χ1) is 11.7. The van der Waals surface area contributed by atoms with Crippen molar-refractivity contribution < 1.29 is 9.90 Å². The van der Waals surface area contributed by atoms with Crippen molar-refractivity contribution >= 4 is 17.7 Å². The van der Waals surface area contributed by atoms with Crippen molar-refractivity contribution in [3.05, 3.63) is 47.5 Å². The van der Waals surface area contributed by atoms with Gasteiger partial charge in [0, 0.05) is 29.8 Å². The maximum absolute atomic E-state index is 11.8. The van der Waals surface area contributed by atoms with E-state index in [1.807, 2.05) is 18.3 Å². The summed E-state index contributed by atoms with van der Waals surface area (Å²) < 4.78 is 0. The number of nitrogens with zero attached hydrogens (tertiary/aromatic N) is 3. The highest BCUT2D eigenvalue weighted by molar-refractivity contribution is 7.99. The zero-order valence-electron chi connectivity index (χ0n) is 13.7. The van der Waals surface area contributed by atoms with Gasteiger partial charge in [-0.25, -0.2) is 14.8 Å². The molecule has 1 aliphatic rings. The first-order valence-electron chi connectivity index (χ1n) is 8.31. The zero-order valence-corrected chi connectivity index (χ0v) is 14.6. The number of rotatable bonds is 6. The molecule has 1 fully saturated rings. The van der Waals surface area contributed by atoms with Crippen LogP contribution >= 0.6 is 11.8 Å². The molecule has 0 unspecified atom stereocenters. The largest absolute Gasteiger partial charge is 0.478 e. The van der Waals surface area contributed by atoms with Crippen LogP contribution in [0, 0.1) is 0 Å². The highest BCUT2D eigenvalue weighted by Crippen LogP contribution is 2.46. The van der Waals surface area contributed by atoms with Gasteiger partial charge in [-0.05, 0) is 30.9 Å². The van der Waals surface area contributed by atoms with Gasteiger partial charge >= 0.3 is 5.97 Å². The van der Waals surface area contributed by atoms with E-state index in [2.05, 4.69) is 16.9 Å². The van der Waals surface area contributed by atoms with Gasteiger partial charge in [-0.2, -0.15) is 0 Å². The summed E-state index contributed by atoms with van der Waals surface area (Å²) in [5, 5.41) is 10.3. The first-order valence-corrected chi connectivity index (χ1v) is 9.30. The summed E-state index contributed by atoms with van der Waals surface area (Å²) in [6.45, 7) is 2.10. The highest BCUT2D eigenvalue weighted by atomic mass is 32.2. The molecule has 2 aromatic rings. The molecule has 0 aliphatic heterocycles. The van der Waals surface area contributed by atoms with Crippen molar-refractivity contribution in [3.8, 4) is 0 Å². The Balaban J connectivity index is 2.14. The van der Waals surface area contributed by atoms with Crippen molar-refractivity contribution in [2.75, 3.05) is 5.75 Å². The minimum absolute atomic E-state index is 0.210. The minimum Gasteiger partial charge on any atom is -0.478 e. The molecule has 0 radical (unpaired) electrons. The summed E-state index contributed by atoms with van der Waals surface area (Å²) >= 11 is 1.58. The number of aromatic nitrogens is 3. The van der Waals surface area contributed by atoms with Gasteiger partial charge in [-0.3, -0.25) is 4.98 Å². The second-order valence-electron chi connectivity index (χ2n) is 6.10. The summed E-state index contributed by atoms with van der Waals surface area (Å²) in [6, 6.07) is 3.94. The second kappa shape index (κ2) is 7.30. The Labute approximate surface area is 146 Å². The predicted molar refractivity (Wildman–Crippen MR) is 93.5 cm³/mol. The van der Waals surface area contributed by atoms with E-state index in [-0.39, 0.29) is 11.0 Å². The van der Waals surface area contributed by atoms with Gasteiger partial charge in [-0.15, -0.1) is 0 Å². The monoisotopic (exact) mass is 343 g/mol. The van der Waals surface area contributed by atoms with E-state index in [1.54, 1.807) is 18.0 Å². The fourth-order valence-electron chi connectivity index (χ4n) is 3.44. The third-order valence-corrected chi connectivity index (χ3v) is 5.62. The molecule has 0 atom stereocenters. The molecule has 1 aliphatic carbocycles. The van der Waals surface area contributed by atoms with Crippen LogP contribution in [0.15, 0.2) is 35.9 Å². The molecule has 0 spiro atoms. The van der Waals surface area contributed by atoms with Crippen LogP contribution in [0.1, 0.15) is 60.6 Å². The lowest BCUT2D eigenvalue weighted by atomic mass is 9.75. The zero-order chi connectivity index (χ0) is 17.0. The van der Waals surface area contributed by atoms with E-state index in [9.17, 15) is 9.90 Å². The second-order valence-corrected chi connectivity index (χ2v) is 7.16. The molecule has 0 amide bonds. The van der Waals surface area contributed by atoms with Crippen LogP contribution in [-0.2, 0) is 5.41 Å². The van der Waals surface area contributed by atoms with Gasteiger partial charge in [0.1, 0.15) is 5.56 Å². The number of aromatic carboxylic acids is 1. The lowest BCUT2D eigenvalue weighted by molar-refractivity contribution is 0.0692. The first kappa shape index (κ1) is 16.9. The van der Waals surface area contributed by atoms with Crippen molar-refractivity contribution in [2.45, 2.75) is 49.6 Å². The molecule has 1 saturated carbocycles. The molecule has 3 rings (SSSR count). The van der Waals surface area contributed by atoms with Gasteiger partial charge in [0.25, 0.3) is 0 Å². The SMILES string of the molecule is CCCSc1ncc(C(=O)O)c(C2(c3cccnc3)CCCC2)n1. The van der Waals surface area contributed by atoms with E-state index >= 15 is 0 Å². The smallest absolute Gasteiger partial charge is 0.339 e. The maximum atomic E-state index is 11.8. The Hall–Kier alpha value is -1.95. The van der Waals surface area contributed by atoms with Crippen molar-refractivity contribution in [3.63, 3.8) is 0 Å². The highest BCUT2D eigenvalue weighted by Gasteiger charge is 2.42. The molecule has 2 aromatic heterocycles.